The van der Waals surface area contributed by atoms with Gasteiger partial charge in [-0.15, -0.1) is 0 Å². The molecule has 0 spiro atoms. The van der Waals surface area contributed by atoms with E-state index >= 15 is 0 Å². The van der Waals surface area contributed by atoms with E-state index in [0.29, 0.717) is 46.2 Å². The highest BCUT2D eigenvalue weighted by Crippen LogP contribution is 2.51. The second-order valence-electron chi connectivity index (χ2n) is 14.0. The largest absolute Gasteiger partial charge is 0.416 e. The number of hydrogen-bond donors (Lipinski definition) is 0. The fourth-order valence-corrected chi connectivity index (χ4v) is 14.2. The topological polar surface area (TPSA) is 39.2 Å². The van der Waals surface area contributed by atoms with Crippen molar-refractivity contribution in [3.05, 3.63) is 59.9 Å². The summed E-state index contributed by atoms with van der Waals surface area (Å²) in [4.78, 5) is 17.9. The Bertz CT molecular complexity index is 1230. The molecule has 7 heteroatoms. The first-order chi connectivity index (χ1) is 20.3. The molecule has 0 radical (unpaired) electrons. The number of benzene rings is 1. The van der Waals surface area contributed by atoms with Crippen molar-refractivity contribution in [2.24, 2.45) is 29.6 Å². The summed E-state index contributed by atoms with van der Waals surface area (Å²) in [6, 6.07) is 9.00. The van der Waals surface area contributed by atoms with Crippen molar-refractivity contribution in [1.82, 2.24) is 4.98 Å². The number of halogens is 3. The average molecular weight is 614 g/mol. The average Bonchev–Trinajstić information content (AvgIpc) is 2.95. The summed E-state index contributed by atoms with van der Waals surface area (Å²) in [5.41, 5.74) is 2.69. The van der Waals surface area contributed by atoms with Gasteiger partial charge in [0.15, 0.2) is 8.32 Å². The lowest BCUT2D eigenvalue weighted by Gasteiger charge is -2.49. The number of nitrogens with zero attached hydrogens (tertiary/aromatic N) is 1. The zero-order valence-corrected chi connectivity index (χ0v) is 28.0. The summed E-state index contributed by atoms with van der Waals surface area (Å²) in [7, 11) is -2.06. The molecule has 1 aromatic heterocycles. The van der Waals surface area contributed by atoms with Crippen molar-refractivity contribution in [2.45, 2.75) is 103 Å². The maximum atomic E-state index is 13.4. The van der Waals surface area contributed by atoms with Crippen LogP contribution in [0.1, 0.15) is 91.8 Å². The minimum Gasteiger partial charge on any atom is -0.416 e. The Morgan fingerprint density at radius 3 is 2.26 bits per heavy atom. The molecule has 236 valence electrons. The lowest BCUT2D eigenvalue weighted by molar-refractivity contribution is -0.137. The molecule has 2 saturated carbocycles. The lowest BCUT2D eigenvalue weighted by atomic mass is 9.57. The van der Waals surface area contributed by atoms with Crippen molar-refractivity contribution in [3.8, 4) is 11.1 Å². The van der Waals surface area contributed by atoms with Gasteiger partial charge in [-0.25, -0.2) is 0 Å². The molecule has 0 N–H and O–H groups in total. The van der Waals surface area contributed by atoms with Gasteiger partial charge in [0.2, 0.25) is 0 Å². The van der Waals surface area contributed by atoms with E-state index in [1.165, 1.54) is 25.3 Å². The molecule has 2 aliphatic carbocycles. The van der Waals surface area contributed by atoms with Gasteiger partial charge in [-0.05, 0) is 89.9 Å². The fraction of sp³-hybridized carbons (Fsp3) is 0.611. The van der Waals surface area contributed by atoms with E-state index in [-0.39, 0.29) is 23.5 Å². The third kappa shape index (κ3) is 7.36. The molecule has 1 aromatic carbocycles. The van der Waals surface area contributed by atoms with Gasteiger partial charge >= 0.3 is 6.18 Å². The van der Waals surface area contributed by atoms with Gasteiger partial charge in [-0.3, -0.25) is 9.78 Å². The highest BCUT2D eigenvalue weighted by atomic mass is 28.4. The van der Waals surface area contributed by atoms with E-state index in [0.717, 1.165) is 30.7 Å². The molecule has 5 atom stereocenters. The molecule has 2 aliphatic rings. The van der Waals surface area contributed by atoms with Gasteiger partial charge in [0.25, 0.3) is 0 Å². The van der Waals surface area contributed by atoms with Gasteiger partial charge in [0.05, 0.1) is 11.3 Å². The Hall–Kier alpha value is -2.25. The summed E-state index contributed by atoms with van der Waals surface area (Å²) in [5, 5.41) is 0. The van der Waals surface area contributed by atoms with Crippen molar-refractivity contribution < 1.29 is 22.4 Å². The highest BCUT2D eigenvalue weighted by Gasteiger charge is 2.49. The van der Waals surface area contributed by atoms with Crippen molar-refractivity contribution in [1.29, 1.82) is 0 Å². The first-order valence-corrected chi connectivity index (χ1v) is 18.4. The van der Waals surface area contributed by atoms with E-state index in [4.69, 9.17) is 4.43 Å². The molecular formula is C36H50F3NO2Si. The maximum absolute atomic E-state index is 13.4. The Morgan fingerprint density at radius 2 is 1.67 bits per heavy atom. The molecule has 1 heterocycles. The standard InChI is InChI=1S/C36H50F3NO2Si/c1-23(2)43(24(3)4,25(5)6)42-22-30-19-28-11-8-9-14-33(28)34(35(30)26(7)41)18-17-32-16-15-29(21-40-32)27-12-10-13-31(20-27)36(37,38)39/h10,12-13,15-18,20-21,23-25,28,30,33-35H,8-9,11,14,19,22H2,1-7H3/t28-,30-,33+,34-,35+/m0/s1. The van der Waals surface area contributed by atoms with E-state index in [1.54, 1.807) is 19.2 Å². The molecule has 43 heavy (non-hydrogen) atoms. The number of hydrogen-bond acceptors (Lipinski definition) is 3. The van der Waals surface area contributed by atoms with Crippen LogP contribution in [0, 0.1) is 29.6 Å². The van der Waals surface area contributed by atoms with Crippen LogP contribution in [-0.4, -0.2) is 25.7 Å². The Kier molecular flexibility index (Phi) is 10.8. The van der Waals surface area contributed by atoms with Crippen LogP contribution < -0.4 is 0 Å². The van der Waals surface area contributed by atoms with Gasteiger partial charge in [0.1, 0.15) is 5.78 Å². The summed E-state index contributed by atoms with van der Waals surface area (Å²) in [6.07, 6.45) is 7.33. The number of carbonyl (C=O) groups excluding carboxylic acids is 1. The molecule has 0 amide bonds. The summed E-state index contributed by atoms with van der Waals surface area (Å²) in [5.74, 6) is 1.55. The molecule has 0 aliphatic heterocycles. The monoisotopic (exact) mass is 613 g/mol. The smallest absolute Gasteiger partial charge is 0.416 e. The second kappa shape index (κ2) is 13.8. The van der Waals surface area contributed by atoms with Crippen LogP contribution in [0.4, 0.5) is 13.2 Å². The number of pyridine rings is 1. The highest BCUT2D eigenvalue weighted by molar-refractivity contribution is 6.77. The lowest BCUT2D eigenvalue weighted by Crippen LogP contribution is -2.51. The maximum Gasteiger partial charge on any atom is 0.416 e. The van der Waals surface area contributed by atoms with Crippen molar-refractivity contribution >= 4 is 20.2 Å². The van der Waals surface area contributed by atoms with Crippen LogP contribution in [-0.2, 0) is 15.4 Å². The van der Waals surface area contributed by atoms with Crippen molar-refractivity contribution in [2.75, 3.05) is 6.61 Å². The van der Waals surface area contributed by atoms with E-state index in [9.17, 15) is 18.0 Å². The third-order valence-corrected chi connectivity index (χ3v) is 16.6. The number of carbonyl (C=O) groups is 1. The molecule has 4 rings (SSSR count). The zero-order valence-electron chi connectivity index (χ0n) is 27.0. The van der Waals surface area contributed by atoms with Crippen LogP contribution in [0.25, 0.3) is 17.2 Å². The van der Waals surface area contributed by atoms with Crippen molar-refractivity contribution in [3.63, 3.8) is 0 Å². The number of ketones is 1. The molecular weight excluding hydrogens is 563 g/mol. The summed E-state index contributed by atoms with van der Waals surface area (Å²) < 4.78 is 46.7. The van der Waals surface area contributed by atoms with E-state index < -0.39 is 20.1 Å². The van der Waals surface area contributed by atoms with Gasteiger partial charge in [-0.2, -0.15) is 13.2 Å². The Morgan fingerprint density at radius 1 is 1.00 bits per heavy atom. The predicted octanol–water partition coefficient (Wildman–Crippen LogP) is 10.6. The van der Waals surface area contributed by atoms with Gasteiger partial charge in [0, 0.05) is 24.3 Å². The van der Waals surface area contributed by atoms with E-state index in [1.807, 2.05) is 18.2 Å². The quantitative estimate of drug-likeness (QED) is 0.250. The van der Waals surface area contributed by atoms with Gasteiger partial charge in [-0.1, -0.05) is 85.1 Å². The Balaban J connectivity index is 1.59. The van der Waals surface area contributed by atoms with E-state index in [2.05, 4.69) is 52.6 Å². The molecule has 0 unspecified atom stereocenters. The number of allylic oxidation sites excluding steroid dienone is 1. The zero-order chi connectivity index (χ0) is 31.5. The molecule has 3 nitrogen and oxygen atoms in total. The molecule has 0 bridgehead atoms. The summed E-state index contributed by atoms with van der Waals surface area (Å²) in [6.45, 7) is 16.3. The minimum atomic E-state index is -4.39. The van der Waals surface area contributed by atoms with Crippen LogP contribution in [0.3, 0.4) is 0 Å². The number of alkyl halides is 3. The molecule has 2 aromatic rings. The first kappa shape index (κ1) is 33.6. The summed E-state index contributed by atoms with van der Waals surface area (Å²) >= 11 is 0. The van der Waals surface area contributed by atoms with Crippen LogP contribution >= 0.6 is 0 Å². The number of aromatic nitrogens is 1. The fourth-order valence-electron chi connectivity index (χ4n) is 8.70. The SMILES string of the molecule is CC(=O)[C@@H]1[C@H](CO[Si](C(C)C)(C(C)C)C(C)C)C[C@@H]2CCCC[C@H]2[C@@H]1C=Cc1ccc(-c2cccc(C(F)(F)F)c2)cn1. The Labute approximate surface area is 257 Å². The normalized spacial score (nSPS) is 25.1. The van der Waals surface area contributed by atoms with Crippen LogP contribution in [0.2, 0.25) is 16.6 Å². The van der Waals surface area contributed by atoms with Crippen LogP contribution in [0.15, 0.2) is 48.7 Å². The number of rotatable bonds is 10. The number of Topliss-reactive ketones (excluding diaryl/α,β-unsaturated/α-hetero) is 1. The van der Waals surface area contributed by atoms with Gasteiger partial charge < -0.3 is 4.43 Å². The minimum absolute atomic E-state index is 0.0850. The molecule has 0 saturated heterocycles. The third-order valence-electron chi connectivity index (χ3n) is 10.5. The number of fused-ring (bicyclic) bond motifs is 1. The van der Waals surface area contributed by atoms with Crippen LogP contribution in [0.5, 0.6) is 0 Å². The second-order valence-corrected chi connectivity index (χ2v) is 19.4. The first-order valence-electron chi connectivity index (χ1n) is 16.2. The molecule has 2 fully saturated rings. The predicted molar refractivity (Wildman–Crippen MR) is 172 cm³/mol.